The molecule has 1 aliphatic heterocycles. The lowest BCUT2D eigenvalue weighted by Gasteiger charge is -2.16. The number of hydrogen-bond donors (Lipinski definition) is 0. The van der Waals surface area contributed by atoms with Gasteiger partial charge in [-0.2, -0.15) is 0 Å². The Labute approximate surface area is 174 Å². The molecular formula is C22H24FNO4S. The molecule has 1 atom stereocenters. The van der Waals surface area contributed by atoms with Crippen molar-refractivity contribution in [2.24, 2.45) is 5.92 Å². The number of imide groups is 1. The fraction of sp³-hybridized carbons (Fsp3) is 0.364. The Hall–Kier alpha value is -2.54. The van der Waals surface area contributed by atoms with Crippen LogP contribution in [0.2, 0.25) is 0 Å². The van der Waals surface area contributed by atoms with Crippen molar-refractivity contribution in [2.45, 2.75) is 32.1 Å². The molecule has 2 aromatic carbocycles. The van der Waals surface area contributed by atoms with E-state index in [0.717, 1.165) is 17.3 Å². The van der Waals surface area contributed by atoms with Gasteiger partial charge >= 0.3 is 0 Å². The van der Waals surface area contributed by atoms with Crippen molar-refractivity contribution in [1.29, 1.82) is 0 Å². The summed E-state index contributed by atoms with van der Waals surface area (Å²) in [4.78, 5) is 26.0. The molecule has 29 heavy (non-hydrogen) atoms. The fourth-order valence-corrected chi connectivity index (χ4v) is 4.14. The van der Waals surface area contributed by atoms with Crippen LogP contribution in [0.3, 0.4) is 0 Å². The monoisotopic (exact) mass is 417 g/mol. The molecule has 3 rings (SSSR count). The highest BCUT2D eigenvalue weighted by atomic mass is 32.2. The molecule has 0 saturated carbocycles. The first kappa shape index (κ1) is 21.2. The Morgan fingerprint density at radius 3 is 2.59 bits per heavy atom. The highest BCUT2D eigenvalue weighted by molar-refractivity contribution is 8.15. The molecule has 0 aromatic heterocycles. The highest BCUT2D eigenvalue weighted by Crippen LogP contribution is 2.33. The summed E-state index contributed by atoms with van der Waals surface area (Å²) in [5.41, 5.74) is 1.32. The Kier molecular flexibility index (Phi) is 6.79. The summed E-state index contributed by atoms with van der Waals surface area (Å²) in [6, 6.07) is 11.8. The number of carbonyl (C=O) groups is 2. The minimum atomic E-state index is -0.434. The normalized spacial score (nSPS) is 16.6. The quantitative estimate of drug-likeness (QED) is 0.624. The zero-order valence-electron chi connectivity index (χ0n) is 16.7. The maximum Gasteiger partial charge on any atom is 0.289 e. The van der Waals surface area contributed by atoms with Gasteiger partial charge in [0, 0.05) is 12.1 Å². The first-order chi connectivity index (χ1) is 13.9. The lowest BCUT2D eigenvalue weighted by molar-refractivity contribution is -0.127. The van der Waals surface area contributed by atoms with E-state index in [-0.39, 0.29) is 29.5 Å². The molecule has 0 N–H and O–H groups in total. The maximum absolute atomic E-state index is 13.8. The highest BCUT2D eigenvalue weighted by Gasteiger charge is 2.39. The third-order valence-corrected chi connectivity index (χ3v) is 5.62. The van der Waals surface area contributed by atoms with Crippen LogP contribution in [0, 0.1) is 11.7 Å². The second kappa shape index (κ2) is 9.31. The maximum atomic E-state index is 13.8. The van der Waals surface area contributed by atoms with E-state index in [1.807, 2.05) is 19.9 Å². The van der Waals surface area contributed by atoms with E-state index < -0.39 is 5.25 Å². The van der Waals surface area contributed by atoms with E-state index >= 15 is 0 Å². The molecular weight excluding hydrogens is 393 g/mol. The minimum absolute atomic E-state index is 0.0814. The topological polar surface area (TPSA) is 55.8 Å². The summed E-state index contributed by atoms with van der Waals surface area (Å²) in [6.07, 6.45) is 0.424. The van der Waals surface area contributed by atoms with E-state index in [1.165, 1.54) is 18.1 Å². The molecule has 0 aliphatic carbocycles. The summed E-state index contributed by atoms with van der Waals surface area (Å²) < 4.78 is 24.9. The summed E-state index contributed by atoms with van der Waals surface area (Å²) in [5.74, 6) is 0.748. The molecule has 0 radical (unpaired) electrons. The van der Waals surface area contributed by atoms with Crippen molar-refractivity contribution in [3.8, 4) is 11.5 Å². The van der Waals surface area contributed by atoms with Gasteiger partial charge < -0.3 is 9.47 Å². The summed E-state index contributed by atoms with van der Waals surface area (Å²) in [7, 11) is 1.53. The number of carbonyl (C=O) groups excluding carboxylic acids is 2. The summed E-state index contributed by atoms with van der Waals surface area (Å²) in [5, 5.41) is -0.623. The smallest absolute Gasteiger partial charge is 0.289 e. The van der Waals surface area contributed by atoms with Gasteiger partial charge in [-0.25, -0.2) is 4.39 Å². The van der Waals surface area contributed by atoms with Crippen LogP contribution in [0.15, 0.2) is 42.5 Å². The van der Waals surface area contributed by atoms with Crippen LogP contribution in [0.25, 0.3) is 0 Å². The predicted octanol–water partition coefficient (Wildman–Crippen LogP) is 4.68. The number of rotatable bonds is 8. The van der Waals surface area contributed by atoms with Crippen LogP contribution in [-0.4, -0.2) is 35.0 Å². The Morgan fingerprint density at radius 1 is 1.14 bits per heavy atom. The Bertz CT molecular complexity index is 902. The van der Waals surface area contributed by atoms with Crippen molar-refractivity contribution in [2.75, 3.05) is 13.7 Å². The van der Waals surface area contributed by atoms with E-state index in [2.05, 4.69) is 0 Å². The van der Waals surface area contributed by atoms with E-state index in [9.17, 15) is 14.0 Å². The molecule has 5 nitrogen and oxygen atoms in total. The van der Waals surface area contributed by atoms with E-state index in [1.54, 1.807) is 30.3 Å². The van der Waals surface area contributed by atoms with Crippen molar-refractivity contribution < 1.29 is 23.5 Å². The molecule has 1 saturated heterocycles. The zero-order valence-corrected chi connectivity index (χ0v) is 17.5. The average molecular weight is 418 g/mol. The second-order valence-corrected chi connectivity index (χ2v) is 8.44. The number of amides is 2. The van der Waals surface area contributed by atoms with E-state index in [0.29, 0.717) is 30.0 Å². The van der Waals surface area contributed by atoms with Gasteiger partial charge in [-0.15, -0.1) is 0 Å². The van der Waals surface area contributed by atoms with Crippen molar-refractivity contribution in [3.05, 3.63) is 59.4 Å². The number of benzene rings is 2. The largest absolute Gasteiger partial charge is 0.493 e. The average Bonchev–Trinajstić information content (AvgIpc) is 2.95. The van der Waals surface area contributed by atoms with Crippen molar-refractivity contribution in [3.63, 3.8) is 0 Å². The third kappa shape index (κ3) is 5.09. The number of ether oxygens (including phenoxy) is 2. The van der Waals surface area contributed by atoms with Gasteiger partial charge in [0.1, 0.15) is 12.4 Å². The molecule has 1 aliphatic rings. The molecule has 2 aromatic rings. The van der Waals surface area contributed by atoms with E-state index in [4.69, 9.17) is 9.47 Å². The number of methoxy groups -OCH3 is 1. The van der Waals surface area contributed by atoms with Crippen LogP contribution in [0.4, 0.5) is 9.18 Å². The van der Waals surface area contributed by atoms with Crippen LogP contribution in [0.5, 0.6) is 11.5 Å². The number of hydrogen-bond acceptors (Lipinski definition) is 5. The second-order valence-electron chi connectivity index (χ2n) is 7.28. The number of thioether (sulfide) groups is 1. The van der Waals surface area contributed by atoms with Crippen molar-refractivity contribution in [1.82, 2.24) is 4.90 Å². The van der Waals surface area contributed by atoms with Gasteiger partial charge in [0.15, 0.2) is 11.5 Å². The fourth-order valence-electron chi connectivity index (χ4n) is 3.10. The molecule has 1 fully saturated rings. The zero-order chi connectivity index (χ0) is 21.0. The first-order valence-electron chi connectivity index (χ1n) is 9.44. The SMILES string of the molecule is COc1cc(C[C@H]2SC(=O)N(CC(C)C)C2=O)ccc1OCc1ccccc1F. The molecule has 7 heteroatoms. The van der Waals surface area contributed by atoms with Gasteiger partial charge in [0.25, 0.3) is 5.24 Å². The van der Waals surface area contributed by atoms with Gasteiger partial charge in [0.2, 0.25) is 5.91 Å². The standard InChI is InChI=1S/C22H24FNO4S/c1-14(2)12-24-21(25)20(29-22(24)26)11-15-8-9-18(19(10-15)27-3)28-13-16-6-4-5-7-17(16)23/h4-10,14,20H,11-13H2,1-3H3/t20-/m1/s1. The van der Waals surface area contributed by atoms with Crippen LogP contribution >= 0.6 is 11.8 Å². The Morgan fingerprint density at radius 2 is 1.90 bits per heavy atom. The van der Waals surface area contributed by atoms with Gasteiger partial charge in [0.05, 0.1) is 12.4 Å². The molecule has 1 heterocycles. The molecule has 0 unspecified atom stereocenters. The lowest BCUT2D eigenvalue weighted by Crippen LogP contribution is -2.35. The molecule has 154 valence electrons. The van der Waals surface area contributed by atoms with Gasteiger partial charge in [-0.05, 0) is 36.1 Å². The van der Waals surface area contributed by atoms with Crippen LogP contribution < -0.4 is 9.47 Å². The van der Waals surface area contributed by atoms with Gasteiger partial charge in [-0.3, -0.25) is 14.5 Å². The number of halogens is 1. The number of nitrogens with zero attached hydrogens (tertiary/aromatic N) is 1. The van der Waals surface area contributed by atoms with Gasteiger partial charge in [-0.1, -0.05) is 49.9 Å². The van der Waals surface area contributed by atoms with Crippen LogP contribution in [-0.2, 0) is 17.8 Å². The molecule has 2 amide bonds. The molecule has 0 spiro atoms. The Balaban J connectivity index is 1.68. The first-order valence-corrected chi connectivity index (χ1v) is 10.3. The molecule has 0 bridgehead atoms. The lowest BCUT2D eigenvalue weighted by atomic mass is 10.1. The summed E-state index contributed by atoms with van der Waals surface area (Å²) >= 11 is 1.07. The van der Waals surface area contributed by atoms with Crippen LogP contribution in [0.1, 0.15) is 25.0 Å². The third-order valence-electron chi connectivity index (χ3n) is 4.54. The predicted molar refractivity (Wildman–Crippen MR) is 111 cm³/mol. The van der Waals surface area contributed by atoms with Crippen molar-refractivity contribution >= 4 is 22.9 Å². The summed E-state index contributed by atoms with van der Waals surface area (Å²) in [6.45, 7) is 4.47. The minimum Gasteiger partial charge on any atom is -0.493 e.